The van der Waals surface area contributed by atoms with Crippen LogP contribution in [0.3, 0.4) is 0 Å². The third-order valence-corrected chi connectivity index (χ3v) is 3.89. The lowest BCUT2D eigenvalue weighted by molar-refractivity contribution is -0.112. The van der Waals surface area contributed by atoms with Crippen molar-refractivity contribution in [3.63, 3.8) is 0 Å². The first kappa shape index (κ1) is 16.2. The van der Waals surface area contributed by atoms with E-state index in [1.807, 2.05) is 54.6 Å². The van der Waals surface area contributed by atoms with E-state index in [2.05, 4.69) is 34.8 Å². The van der Waals surface area contributed by atoms with E-state index in [1.54, 1.807) is 6.08 Å². The monoisotopic (exact) mass is 402 g/mol. The van der Waals surface area contributed by atoms with Gasteiger partial charge in [-0.05, 0) is 70.5 Å². The molecule has 2 aromatic rings. The molecule has 0 aliphatic heterocycles. The normalized spacial score (nSPS) is 10.9. The third-order valence-electron chi connectivity index (χ3n) is 3.17. The van der Waals surface area contributed by atoms with E-state index in [-0.39, 0.29) is 5.57 Å². The van der Waals surface area contributed by atoms with Crippen molar-refractivity contribution in [2.45, 2.75) is 13.3 Å². The molecule has 0 atom stereocenters. The Morgan fingerprint density at radius 1 is 1.18 bits per heavy atom. The Morgan fingerprint density at radius 3 is 2.36 bits per heavy atom. The van der Waals surface area contributed by atoms with E-state index in [9.17, 15) is 10.1 Å². The zero-order valence-corrected chi connectivity index (χ0v) is 14.3. The van der Waals surface area contributed by atoms with Gasteiger partial charge >= 0.3 is 0 Å². The number of nitriles is 1. The molecule has 0 aliphatic rings. The molecule has 0 heterocycles. The minimum atomic E-state index is -0.398. The second kappa shape index (κ2) is 7.76. The lowest BCUT2D eigenvalue weighted by Gasteiger charge is -2.05. The molecule has 0 fully saturated rings. The van der Waals surface area contributed by atoms with Gasteiger partial charge in [-0.3, -0.25) is 4.79 Å². The molecule has 0 radical (unpaired) electrons. The molecule has 1 amide bonds. The van der Waals surface area contributed by atoms with Gasteiger partial charge in [-0.25, -0.2) is 0 Å². The highest BCUT2D eigenvalue weighted by Gasteiger charge is 2.09. The maximum Gasteiger partial charge on any atom is 0.266 e. The molecule has 22 heavy (non-hydrogen) atoms. The number of nitrogens with zero attached hydrogens (tertiary/aromatic N) is 1. The first-order valence-electron chi connectivity index (χ1n) is 6.90. The predicted octanol–water partition coefficient (Wildman–Crippen LogP) is 4.40. The van der Waals surface area contributed by atoms with Crippen LogP contribution in [0.15, 0.2) is 54.1 Å². The summed E-state index contributed by atoms with van der Waals surface area (Å²) in [5.74, 6) is -0.398. The SMILES string of the molecule is CCc1ccc(NC(=O)C(C#N)=Cc2ccc(I)cc2)cc1. The first-order valence-corrected chi connectivity index (χ1v) is 7.98. The van der Waals surface area contributed by atoms with Crippen LogP contribution in [0.5, 0.6) is 0 Å². The zero-order valence-electron chi connectivity index (χ0n) is 12.1. The molecular formula is C18H15IN2O. The largest absolute Gasteiger partial charge is 0.321 e. The van der Waals surface area contributed by atoms with Crippen molar-refractivity contribution in [2.24, 2.45) is 0 Å². The van der Waals surface area contributed by atoms with Crippen molar-refractivity contribution in [1.82, 2.24) is 0 Å². The molecule has 0 saturated carbocycles. The summed E-state index contributed by atoms with van der Waals surface area (Å²) in [6.07, 6.45) is 2.54. The summed E-state index contributed by atoms with van der Waals surface area (Å²) in [6.45, 7) is 2.07. The van der Waals surface area contributed by atoms with Crippen LogP contribution in [0.25, 0.3) is 6.08 Å². The van der Waals surface area contributed by atoms with Crippen molar-refractivity contribution in [3.8, 4) is 6.07 Å². The molecule has 2 aromatic carbocycles. The van der Waals surface area contributed by atoms with E-state index in [4.69, 9.17) is 0 Å². The fourth-order valence-corrected chi connectivity index (χ4v) is 2.26. The number of amides is 1. The fourth-order valence-electron chi connectivity index (χ4n) is 1.90. The standard InChI is InChI=1S/C18H15IN2O/c1-2-13-5-9-17(10-6-13)21-18(22)15(12-20)11-14-3-7-16(19)8-4-14/h3-11H,2H2,1H3,(H,21,22). The quantitative estimate of drug-likeness (QED) is 0.468. The third kappa shape index (κ3) is 4.43. The number of carbonyl (C=O) groups excluding carboxylic acids is 1. The summed E-state index contributed by atoms with van der Waals surface area (Å²) in [5, 5.41) is 11.9. The lowest BCUT2D eigenvalue weighted by atomic mass is 10.1. The molecule has 0 aliphatic carbocycles. The van der Waals surface area contributed by atoms with Gasteiger partial charge in [0.2, 0.25) is 0 Å². The lowest BCUT2D eigenvalue weighted by Crippen LogP contribution is -2.13. The van der Waals surface area contributed by atoms with Gasteiger partial charge in [-0.2, -0.15) is 5.26 Å². The molecule has 2 rings (SSSR count). The van der Waals surface area contributed by atoms with Crippen LogP contribution in [-0.4, -0.2) is 5.91 Å². The Hall–Kier alpha value is -2.13. The van der Waals surface area contributed by atoms with E-state index in [1.165, 1.54) is 5.56 Å². The molecule has 4 heteroatoms. The molecule has 0 spiro atoms. The van der Waals surface area contributed by atoms with Gasteiger partial charge in [-0.1, -0.05) is 31.2 Å². The Balaban J connectivity index is 2.14. The van der Waals surface area contributed by atoms with Crippen LogP contribution in [0.4, 0.5) is 5.69 Å². The van der Waals surface area contributed by atoms with E-state index in [0.29, 0.717) is 5.69 Å². The Bertz CT molecular complexity index is 725. The highest BCUT2D eigenvalue weighted by Crippen LogP contribution is 2.14. The van der Waals surface area contributed by atoms with E-state index < -0.39 is 5.91 Å². The smallest absolute Gasteiger partial charge is 0.266 e. The molecule has 0 aromatic heterocycles. The first-order chi connectivity index (χ1) is 10.6. The number of benzene rings is 2. The van der Waals surface area contributed by atoms with Crippen LogP contribution in [0.2, 0.25) is 0 Å². The zero-order chi connectivity index (χ0) is 15.9. The van der Waals surface area contributed by atoms with E-state index in [0.717, 1.165) is 15.6 Å². The summed E-state index contributed by atoms with van der Waals surface area (Å²) >= 11 is 2.21. The maximum atomic E-state index is 12.2. The number of carbonyl (C=O) groups is 1. The molecule has 0 unspecified atom stereocenters. The number of hydrogen-bond acceptors (Lipinski definition) is 2. The Kier molecular flexibility index (Phi) is 5.73. The maximum absolute atomic E-state index is 12.2. The highest BCUT2D eigenvalue weighted by atomic mass is 127. The molecule has 1 N–H and O–H groups in total. The number of aryl methyl sites for hydroxylation is 1. The van der Waals surface area contributed by atoms with Crippen molar-refractivity contribution in [1.29, 1.82) is 5.26 Å². The molecular weight excluding hydrogens is 387 g/mol. The van der Waals surface area contributed by atoms with Crippen molar-refractivity contribution >= 4 is 40.3 Å². The molecule has 110 valence electrons. The summed E-state index contributed by atoms with van der Waals surface area (Å²) in [6, 6.07) is 17.2. The molecule has 0 bridgehead atoms. The summed E-state index contributed by atoms with van der Waals surface area (Å²) in [7, 11) is 0. The van der Waals surface area contributed by atoms with Gasteiger partial charge in [-0.15, -0.1) is 0 Å². The Labute approximate surface area is 143 Å². The topological polar surface area (TPSA) is 52.9 Å². The molecule has 3 nitrogen and oxygen atoms in total. The summed E-state index contributed by atoms with van der Waals surface area (Å²) in [4.78, 5) is 12.2. The minimum Gasteiger partial charge on any atom is -0.321 e. The Morgan fingerprint density at radius 2 is 1.82 bits per heavy atom. The summed E-state index contributed by atoms with van der Waals surface area (Å²) in [5.41, 5.74) is 2.80. The highest BCUT2D eigenvalue weighted by molar-refractivity contribution is 14.1. The van der Waals surface area contributed by atoms with E-state index >= 15 is 0 Å². The number of rotatable bonds is 4. The van der Waals surface area contributed by atoms with Crippen LogP contribution in [0, 0.1) is 14.9 Å². The van der Waals surface area contributed by atoms with Crippen molar-refractivity contribution in [2.75, 3.05) is 5.32 Å². The van der Waals surface area contributed by atoms with Gasteiger partial charge < -0.3 is 5.32 Å². The van der Waals surface area contributed by atoms with Crippen LogP contribution < -0.4 is 5.32 Å². The van der Waals surface area contributed by atoms with Crippen molar-refractivity contribution in [3.05, 3.63) is 68.8 Å². The average molecular weight is 402 g/mol. The minimum absolute atomic E-state index is 0.0841. The predicted molar refractivity (Wildman–Crippen MR) is 97.2 cm³/mol. The fraction of sp³-hybridized carbons (Fsp3) is 0.111. The number of nitrogens with one attached hydrogen (secondary N) is 1. The van der Waals surface area contributed by atoms with Crippen LogP contribution in [0.1, 0.15) is 18.1 Å². The van der Waals surface area contributed by atoms with Gasteiger partial charge in [0.25, 0.3) is 5.91 Å². The van der Waals surface area contributed by atoms with Gasteiger partial charge in [0.15, 0.2) is 0 Å². The van der Waals surface area contributed by atoms with Crippen LogP contribution >= 0.6 is 22.6 Å². The molecule has 0 saturated heterocycles. The number of anilines is 1. The summed E-state index contributed by atoms with van der Waals surface area (Å²) < 4.78 is 1.11. The van der Waals surface area contributed by atoms with Gasteiger partial charge in [0, 0.05) is 9.26 Å². The van der Waals surface area contributed by atoms with Gasteiger partial charge in [0.1, 0.15) is 11.6 Å². The number of halogens is 1. The number of hydrogen-bond donors (Lipinski definition) is 1. The van der Waals surface area contributed by atoms with Crippen molar-refractivity contribution < 1.29 is 4.79 Å². The van der Waals surface area contributed by atoms with Crippen LogP contribution in [-0.2, 0) is 11.2 Å². The second-order valence-corrected chi connectivity index (χ2v) is 5.97. The second-order valence-electron chi connectivity index (χ2n) is 4.73. The average Bonchev–Trinajstić information content (AvgIpc) is 2.55. The van der Waals surface area contributed by atoms with Gasteiger partial charge in [0.05, 0.1) is 0 Å².